The molecule has 0 aliphatic carbocycles. The molecule has 100 valence electrons. The Bertz CT molecular complexity index is 421. The number of methoxy groups -OCH3 is 1. The Morgan fingerprint density at radius 1 is 1.44 bits per heavy atom. The molecule has 0 aromatic heterocycles. The summed E-state index contributed by atoms with van der Waals surface area (Å²) >= 11 is 6.27. The Balaban J connectivity index is 2.13. The van der Waals surface area contributed by atoms with Gasteiger partial charge in [-0.1, -0.05) is 11.6 Å². The van der Waals surface area contributed by atoms with Gasteiger partial charge in [0.05, 0.1) is 17.8 Å². The molecule has 0 fully saturated rings. The molecule has 18 heavy (non-hydrogen) atoms. The summed E-state index contributed by atoms with van der Waals surface area (Å²) < 4.78 is 5.39. The molecule has 1 heterocycles. The largest absolute Gasteiger partial charge is 0.496 e. The zero-order chi connectivity index (χ0) is 13.1. The monoisotopic (exact) mass is 268 g/mol. The maximum absolute atomic E-state index is 6.27. The van der Waals surface area contributed by atoms with Crippen LogP contribution in [0.25, 0.3) is 0 Å². The minimum Gasteiger partial charge on any atom is -0.496 e. The minimum absolute atomic E-state index is 0.504. The Morgan fingerprint density at radius 3 is 2.89 bits per heavy atom. The first-order valence-electron chi connectivity index (χ1n) is 6.38. The third kappa shape index (κ3) is 2.90. The molecule has 3 nitrogen and oxygen atoms in total. The number of anilines is 1. The molecule has 1 aromatic rings. The van der Waals surface area contributed by atoms with Crippen molar-refractivity contribution in [3.63, 3.8) is 0 Å². The number of nitrogens with one attached hydrogen (secondary N) is 1. The van der Waals surface area contributed by atoms with Crippen LogP contribution >= 0.6 is 11.6 Å². The lowest BCUT2D eigenvalue weighted by Gasteiger charge is -2.29. The van der Waals surface area contributed by atoms with Crippen LogP contribution in [0.15, 0.2) is 12.1 Å². The summed E-state index contributed by atoms with van der Waals surface area (Å²) in [5, 5.41) is 4.35. The normalized spacial score (nSPS) is 18.4. The SMILES string of the molecule is COc1ccc(Cl)c2c1CCC(CCN(C)C)N2. The van der Waals surface area contributed by atoms with Crippen molar-refractivity contribution < 1.29 is 4.74 Å². The van der Waals surface area contributed by atoms with Gasteiger partial charge in [0.15, 0.2) is 0 Å². The topological polar surface area (TPSA) is 24.5 Å². The lowest BCUT2D eigenvalue weighted by molar-refractivity contribution is 0.376. The Kier molecular flexibility index (Phi) is 4.36. The van der Waals surface area contributed by atoms with E-state index in [2.05, 4.69) is 24.3 Å². The van der Waals surface area contributed by atoms with Gasteiger partial charge in [-0.15, -0.1) is 0 Å². The summed E-state index contributed by atoms with van der Waals surface area (Å²) in [5.74, 6) is 0.938. The number of hydrogen-bond acceptors (Lipinski definition) is 3. The van der Waals surface area contributed by atoms with Crippen LogP contribution in [0.5, 0.6) is 5.75 Å². The minimum atomic E-state index is 0.504. The smallest absolute Gasteiger partial charge is 0.124 e. The van der Waals surface area contributed by atoms with Crippen molar-refractivity contribution in [1.82, 2.24) is 4.90 Å². The van der Waals surface area contributed by atoms with Crippen molar-refractivity contribution in [3.8, 4) is 5.75 Å². The van der Waals surface area contributed by atoms with Gasteiger partial charge in [0.25, 0.3) is 0 Å². The maximum Gasteiger partial charge on any atom is 0.124 e. The first kappa shape index (κ1) is 13.5. The summed E-state index contributed by atoms with van der Waals surface area (Å²) in [6, 6.07) is 4.35. The van der Waals surface area contributed by atoms with Crippen molar-refractivity contribution in [2.24, 2.45) is 0 Å². The second kappa shape index (κ2) is 5.81. The van der Waals surface area contributed by atoms with Crippen LogP contribution in [0.3, 0.4) is 0 Å². The van der Waals surface area contributed by atoms with E-state index in [0.29, 0.717) is 6.04 Å². The summed E-state index contributed by atoms with van der Waals surface area (Å²) in [6.07, 6.45) is 3.31. The first-order chi connectivity index (χ1) is 8.61. The number of nitrogens with zero attached hydrogens (tertiary/aromatic N) is 1. The molecular weight excluding hydrogens is 248 g/mol. The van der Waals surface area contributed by atoms with E-state index in [1.165, 1.54) is 5.56 Å². The molecule has 0 saturated heterocycles. The average Bonchev–Trinajstić information content (AvgIpc) is 2.37. The molecule has 0 bridgehead atoms. The van der Waals surface area contributed by atoms with Crippen LogP contribution in [-0.4, -0.2) is 38.7 Å². The Hall–Kier alpha value is -0.930. The molecule has 1 N–H and O–H groups in total. The van der Waals surface area contributed by atoms with E-state index in [1.54, 1.807) is 7.11 Å². The summed E-state index contributed by atoms with van der Waals surface area (Å²) in [6.45, 7) is 1.09. The molecule has 0 spiro atoms. The van der Waals surface area contributed by atoms with Crippen molar-refractivity contribution in [1.29, 1.82) is 0 Å². The van der Waals surface area contributed by atoms with Gasteiger partial charge < -0.3 is 15.0 Å². The highest BCUT2D eigenvalue weighted by atomic mass is 35.5. The van der Waals surface area contributed by atoms with Gasteiger partial charge in [0.1, 0.15) is 5.75 Å². The third-order valence-corrected chi connectivity index (χ3v) is 3.77. The van der Waals surface area contributed by atoms with E-state index in [-0.39, 0.29) is 0 Å². The zero-order valence-corrected chi connectivity index (χ0v) is 12.0. The van der Waals surface area contributed by atoms with Gasteiger partial charge in [-0.05, 0) is 52.0 Å². The molecule has 1 aliphatic rings. The maximum atomic E-state index is 6.27. The molecule has 1 unspecified atom stereocenters. The van der Waals surface area contributed by atoms with Gasteiger partial charge in [-0.25, -0.2) is 0 Å². The lowest BCUT2D eigenvalue weighted by Crippen LogP contribution is -2.29. The Morgan fingerprint density at radius 2 is 2.22 bits per heavy atom. The second-order valence-corrected chi connectivity index (χ2v) is 5.48. The Labute approximate surface area is 114 Å². The van der Waals surface area contributed by atoms with Gasteiger partial charge in [0, 0.05) is 11.6 Å². The fraction of sp³-hybridized carbons (Fsp3) is 0.571. The molecule has 1 aromatic carbocycles. The van der Waals surface area contributed by atoms with Crippen molar-refractivity contribution in [2.75, 3.05) is 33.1 Å². The fourth-order valence-corrected chi connectivity index (χ4v) is 2.65. The molecule has 1 aliphatic heterocycles. The number of hydrogen-bond donors (Lipinski definition) is 1. The van der Waals surface area contributed by atoms with E-state index in [1.807, 2.05) is 12.1 Å². The van der Waals surface area contributed by atoms with E-state index < -0.39 is 0 Å². The quantitative estimate of drug-likeness (QED) is 0.909. The predicted octanol–water partition coefficient (Wildman–Crippen LogP) is 3.03. The number of ether oxygens (including phenoxy) is 1. The summed E-state index contributed by atoms with van der Waals surface area (Å²) in [4.78, 5) is 2.21. The van der Waals surface area contributed by atoms with Gasteiger partial charge in [0.2, 0.25) is 0 Å². The zero-order valence-electron chi connectivity index (χ0n) is 11.3. The third-order valence-electron chi connectivity index (χ3n) is 3.46. The summed E-state index contributed by atoms with van der Waals surface area (Å²) in [5.41, 5.74) is 2.28. The van der Waals surface area contributed by atoms with Gasteiger partial charge >= 0.3 is 0 Å². The highest BCUT2D eigenvalue weighted by Gasteiger charge is 2.22. The van der Waals surface area contributed by atoms with Gasteiger partial charge in [-0.3, -0.25) is 0 Å². The molecule has 0 amide bonds. The molecule has 1 atom stereocenters. The van der Waals surface area contributed by atoms with Crippen LogP contribution in [0.4, 0.5) is 5.69 Å². The molecule has 2 rings (SSSR count). The number of fused-ring (bicyclic) bond motifs is 1. The standard InChI is InChI=1S/C14H21ClN2O/c1-17(2)9-8-10-4-5-11-13(18-3)7-6-12(15)14(11)16-10/h6-7,10,16H,4-5,8-9H2,1-3H3. The van der Waals surface area contributed by atoms with Crippen LogP contribution in [0, 0.1) is 0 Å². The van der Waals surface area contributed by atoms with E-state index >= 15 is 0 Å². The number of rotatable bonds is 4. The van der Waals surface area contributed by atoms with Crippen LogP contribution < -0.4 is 10.1 Å². The lowest BCUT2D eigenvalue weighted by atomic mass is 9.95. The average molecular weight is 269 g/mol. The summed E-state index contributed by atoms with van der Waals surface area (Å²) in [7, 11) is 5.92. The van der Waals surface area contributed by atoms with Crippen LogP contribution in [0.1, 0.15) is 18.4 Å². The molecular formula is C14H21ClN2O. The van der Waals surface area contributed by atoms with E-state index in [0.717, 1.165) is 42.3 Å². The highest BCUT2D eigenvalue weighted by molar-refractivity contribution is 6.33. The van der Waals surface area contributed by atoms with E-state index in [9.17, 15) is 0 Å². The first-order valence-corrected chi connectivity index (χ1v) is 6.76. The number of benzene rings is 1. The fourth-order valence-electron chi connectivity index (χ4n) is 2.42. The molecule has 0 radical (unpaired) electrons. The highest BCUT2D eigenvalue weighted by Crippen LogP contribution is 2.38. The van der Waals surface area contributed by atoms with E-state index in [4.69, 9.17) is 16.3 Å². The molecule has 0 saturated carbocycles. The van der Waals surface area contributed by atoms with Gasteiger partial charge in [-0.2, -0.15) is 0 Å². The van der Waals surface area contributed by atoms with Crippen LogP contribution in [0.2, 0.25) is 5.02 Å². The second-order valence-electron chi connectivity index (χ2n) is 5.08. The van der Waals surface area contributed by atoms with Crippen LogP contribution in [-0.2, 0) is 6.42 Å². The van der Waals surface area contributed by atoms with Crippen molar-refractivity contribution in [2.45, 2.75) is 25.3 Å². The predicted molar refractivity (Wildman–Crippen MR) is 76.9 cm³/mol. The number of halogens is 1. The molecule has 4 heteroatoms. The van der Waals surface area contributed by atoms with Crippen molar-refractivity contribution in [3.05, 3.63) is 22.7 Å². The van der Waals surface area contributed by atoms with Crippen molar-refractivity contribution >= 4 is 17.3 Å².